The number of nitrogens with zero attached hydrogens (tertiary/aromatic N) is 1. The Labute approximate surface area is 153 Å². The highest BCUT2D eigenvalue weighted by Crippen LogP contribution is 2.21. The number of nitrogens with one attached hydrogen (secondary N) is 1. The summed E-state index contributed by atoms with van der Waals surface area (Å²) in [6.45, 7) is 0.453. The molecule has 0 saturated heterocycles. The molecule has 7 heteroatoms. The molecule has 1 aromatic heterocycles. The summed E-state index contributed by atoms with van der Waals surface area (Å²) in [7, 11) is 1.74. The standard InChI is InChI=1S/C18H17ClN2O3S/c1-21-15-9-6-13(11-16(15)25-18(21)23)20-17(22)3-2-10-24-14-7-4-12(19)5-8-14/h4-9,11H,2-3,10H2,1H3,(H,20,22). The molecule has 0 unspecified atom stereocenters. The van der Waals surface area contributed by atoms with E-state index in [2.05, 4.69) is 5.32 Å². The lowest BCUT2D eigenvalue weighted by molar-refractivity contribution is -0.116. The van der Waals surface area contributed by atoms with E-state index >= 15 is 0 Å². The van der Waals surface area contributed by atoms with E-state index in [0.717, 1.165) is 16.0 Å². The first-order valence-corrected chi connectivity index (χ1v) is 9.00. The molecule has 3 rings (SSSR count). The molecule has 0 atom stereocenters. The number of benzene rings is 2. The van der Waals surface area contributed by atoms with Gasteiger partial charge >= 0.3 is 4.87 Å². The SMILES string of the molecule is Cn1c(=O)sc2cc(NC(=O)CCCOc3ccc(Cl)cc3)ccc21. The maximum Gasteiger partial charge on any atom is 0.307 e. The van der Waals surface area contributed by atoms with Crippen molar-refractivity contribution < 1.29 is 9.53 Å². The second-order valence-electron chi connectivity index (χ2n) is 5.56. The van der Waals surface area contributed by atoms with Crippen molar-refractivity contribution in [2.24, 2.45) is 7.05 Å². The van der Waals surface area contributed by atoms with Crippen molar-refractivity contribution in [2.75, 3.05) is 11.9 Å². The summed E-state index contributed by atoms with van der Waals surface area (Å²) >= 11 is 6.98. The fourth-order valence-corrected chi connectivity index (χ4v) is 3.43. The van der Waals surface area contributed by atoms with E-state index in [-0.39, 0.29) is 10.8 Å². The molecule has 130 valence electrons. The number of rotatable bonds is 6. The predicted octanol–water partition coefficient (Wildman–Crippen LogP) is 4.05. The summed E-state index contributed by atoms with van der Waals surface area (Å²) in [5, 5.41) is 3.51. The molecule has 0 fully saturated rings. The minimum absolute atomic E-state index is 0.0159. The maximum atomic E-state index is 12.0. The summed E-state index contributed by atoms with van der Waals surface area (Å²) < 4.78 is 8.02. The molecule has 5 nitrogen and oxygen atoms in total. The molecule has 3 aromatic rings. The highest BCUT2D eigenvalue weighted by Gasteiger charge is 2.07. The van der Waals surface area contributed by atoms with Crippen LogP contribution < -0.4 is 14.9 Å². The monoisotopic (exact) mass is 376 g/mol. The van der Waals surface area contributed by atoms with Gasteiger partial charge in [0.25, 0.3) is 0 Å². The van der Waals surface area contributed by atoms with E-state index in [9.17, 15) is 9.59 Å². The maximum absolute atomic E-state index is 12.0. The number of aromatic nitrogens is 1. The van der Waals surface area contributed by atoms with E-state index in [1.807, 2.05) is 12.1 Å². The van der Waals surface area contributed by atoms with Gasteiger partial charge in [0.05, 0.1) is 16.8 Å². The number of carbonyl (C=O) groups is 1. The van der Waals surface area contributed by atoms with Crippen LogP contribution in [0.4, 0.5) is 5.69 Å². The first-order valence-electron chi connectivity index (χ1n) is 7.81. The van der Waals surface area contributed by atoms with Crippen LogP contribution in [0.15, 0.2) is 47.3 Å². The van der Waals surface area contributed by atoms with E-state index in [4.69, 9.17) is 16.3 Å². The highest BCUT2D eigenvalue weighted by atomic mass is 35.5. The average Bonchev–Trinajstić information content (AvgIpc) is 2.87. The smallest absolute Gasteiger partial charge is 0.307 e. The zero-order chi connectivity index (χ0) is 17.8. The van der Waals surface area contributed by atoms with Crippen LogP contribution in [0.5, 0.6) is 5.75 Å². The molecule has 1 N–H and O–H groups in total. The average molecular weight is 377 g/mol. The van der Waals surface area contributed by atoms with Gasteiger partial charge in [0.15, 0.2) is 0 Å². The number of anilines is 1. The fraction of sp³-hybridized carbons (Fsp3) is 0.222. The number of hydrogen-bond donors (Lipinski definition) is 1. The first kappa shape index (κ1) is 17.5. The van der Waals surface area contributed by atoms with Crippen molar-refractivity contribution in [3.63, 3.8) is 0 Å². The Morgan fingerprint density at radius 1 is 1.24 bits per heavy atom. The van der Waals surface area contributed by atoms with Gasteiger partial charge in [-0.1, -0.05) is 22.9 Å². The van der Waals surface area contributed by atoms with E-state index in [1.54, 1.807) is 41.9 Å². The van der Waals surface area contributed by atoms with Gasteiger partial charge in [-0.15, -0.1) is 0 Å². The number of fused-ring (bicyclic) bond motifs is 1. The summed E-state index contributed by atoms with van der Waals surface area (Å²) in [4.78, 5) is 23.7. The van der Waals surface area contributed by atoms with Crippen molar-refractivity contribution in [3.05, 3.63) is 57.2 Å². The molecule has 0 radical (unpaired) electrons. The third-order valence-electron chi connectivity index (χ3n) is 3.71. The lowest BCUT2D eigenvalue weighted by atomic mass is 10.2. The minimum Gasteiger partial charge on any atom is -0.494 e. The van der Waals surface area contributed by atoms with Gasteiger partial charge in [-0.25, -0.2) is 0 Å². The Morgan fingerprint density at radius 2 is 2.00 bits per heavy atom. The molecule has 0 aliphatic carbocycles. The third kappa shape index (κ3) is 4.41. The summed E-state index contributed by atoms with van der Waals surface area (Å²) in [5.74, 6) is 0.650. The van der Waals surface area contributed by atoms with Crippen molar-refractivity contribution in [2.45, 2.75) is 12.8 Å². The number of halogens is 1. The summed E-state index contributed by atoms with van der Waals surface area (Å²) in [5.41, 5.74) is 1.56. The number of hydrogen-bond acceptors (Lipinski definition) is 4. The van der Waals surface area contributed by atoms with Gasteiger partial charge in [0.2, 0.25) is 5.91 Å². The van der Waals surface area contributed by atoms with Crippen molar-refractivity contribution in [3.8, 4) is 5.75 Å². The van der Waals surface area contributed by atoms with Crippen molar-refractivity contribution in [1.82, 2.24) is 4.57 Å². The zero-order valence-electron chi connectivity index (χ0n) is 13.6. The minimum atomic E-state index is -0.0812. The molecule has 0 spiro atoms. The Kier molecular flexibility index (Phi) is 5.40. The van der Waals surface area contributed by atoms with Gasteiger partial charge in [-0.05, 0) is 48.9 Å². The predicted molar refractivity (Wildman–Crippen MR) is 102 cm³/mol. The van der Waals surface area contributed by atoms with E-state index < -0.39 is 0 Å². The first-order chi connectivity index (χ1) is 12.0. The van der Waals surface area contributed by atoms with Gasteiger partial charge in [0, 0.05) is 24.2 Å². The van der Waals surface area contributed by atoms with Crippen LogP contribution in [0.3, 0.4) is 0 Å². The second-order valence-corrected chi connectivity index (χ2v) is 6.99. The van der Waals surface area contributed by atoms with Gasteiger partial charge in [0.1, 0.15) is 5.75 Å². The van der Waals surface area contributed by atoms with Gasteiger partial charge in [-0.2, -0.15) is 0 Å². The Balaban J connectivity index is 1.49. The summed E-state index contributed by atoms with van der Waals surface area (Å²) in [6, 6.07) is 12.6. The Hall–Kier alpha value is -2.31. The molecule has 1 amide bonds. The van der Waals surface area contributed by atoms with Crippen LogP contribution in [0.25, 0.3) is 10.2 Å². The van der Waals surface area contributed by atoms with Gasteiger partial charge < -0.3 is 14.6 Å². The molecule has 0 bridgehead atoms. The van der Waals surface area contributed by atoms with Gasteiger partial charge in [-0.3, -0.25) is 9.59 Å². The van der Waals surface area contributed by atoms with Crippen LogP contribution >= 0.6 is 22.9 Å². The zero-order valence-corrected chi connectivity index (χ0v) is 15.2. The molecule has 0 aliphatic rings. The van der Waals surface area contributed by atoms with Crippen LogP contribution in [-0.4, -0.2) is 17.1 Å². The molecule has 0 aliphatic heterocycles. The molecular formula is C18H17ClN2O3S. The number of amides is 1. The largest absolute Gasteiger partial charge is 0.494 e. The number of carbonyl (C=O) groups excluding carboxylic acids is 1. The summed E-state index contributed by atoms with van der Waals surface area (Å²) in [6.07, 6.45) is 0.964. The van der Waals surface area contributed by atoms with E-state index in [0.29, 0.717) is 30.2 Å². The normalized spacial score (nSPS) is 10.8. The van der Waals surface area contributed by atoms with E-state index in [1.165, 1.54) is 11.3 Å². The quantitative estimate of drug-likeness (QED) is 0.660. The number of aryl methyl sites for hydroxylation is 1. The van der Waals surface area contributed by atoms with Crippen LogP contribution in [-0.2, 0) is 11.8 Å². The lowest BCUT2D eigenvalue weighted by Crippen LogP contribution is -2.12. The third-order valence-corrected chi connectivity index (χ3v) is 4.95. The molecule has 0 saturated carbocycles. The fourth-order valence-electron chi connectivity index (χ4n) is 2.39. The number of thiazole rings is 1. The van der Waals surface area contributed by atoms with Crippen LogP contribution in [0, 0.1) is 0 Å². The Morgan fingerprint density at radius 3 is 2.76 bits per heavy atom. The molecular weight excluding hydrogens is 360 g/mol. The molecule has 25 heavy (non-hydrogen) atoms. The number of ether oxygens (including phenoxy) is 1. The van der Waals surface area contributed by atoms with Crippen LogP contribution in [0.2, 0.25) is 5.02 Å². The molecule has 2 aromatic carbocycles. The van der Waals surface area contributed by atoms with Crippen LogP contribution in [0.1, 0.15) is 12.8 Å². The second kappa shape index (κ2) is 7.72. The molecule has 1 heterocycles. The van der Waals surface area contributed by atoms with Crippen molar-refractivity contribution in [1.29, 1.82) is 0 Å². The topological polar surface area (TPSA) is 60.3 Å². The lowest BCUT2D eigenvalue weighted by Gasteiger charge is -2.07. The van der Waals surface area contributed by atoms with Crippen molar-refractivity contribution >= 4 is 44.7 Å². The highest BCUT2D eigenvalue weighted by molar-refractivity contribution is 7.16. The Bertz CT molecular complexity index is 947.